The van der Waals surface area contributed by atoms with Crippen molar-refractivity contribution < 1.29 is 0 Å². The highest BCUT2D eigenvalue weighted by atomic mass is 79.9. The van der Waals surface area contributed by atoms with Crippen molar-refractivity contribution in [2.45, 2.75) is 0 Å². The molecular formula is C26H18BrN3. The van der Waals surface area contributed by atoms with E-state index in [0.717, 1.165) is 43.8 Å². The van der Waals surface area contributed by atoms with Crippen LogP contribution in [0.15, 0.2) is 114 Å². The van der Waals surface area contributed by atoms with Gasteiger partial charge in [0.15, 0.2) is 5.82 Å². The summed E-state index contributed by atoms with van der Waals surface area (Å²) >= 11 is 3.57. The van der Waals surface area contributed by atoms with Crippen molar-refractivity contribution in [1.82, 2.24) is 14.8 Å². The molecule has 1 heterocycles. The second-order valence-corrected chi connectivity index (χ2v) is 7.88. The Morgan fingerprint density at radius 3 is 1.77 bits per heavy atom. The van der Waals surface area contributed by atoms with Crippen LogP contribution in [0, 0.1) is 0 Å². The van der Waals surface area contributed by atoms with E-state index in [4.69, 9.17) is 0 Å². The fraction of sp³-hybridized carbons (Fsp3) is 0. The zero-order valence-electron chi connectivity index (χ0n) is 16.1. The van der Waals surface area contributed by atoms with E-state index in [-0.39, 0.29) is 0 Å². The van der Waals surface area contributed by atoms with Gasteiger partial charge in [-0.2, -0.15) is 0 Å². The molecule has 0 fully saturated rings. The Labute approximate surface area is 183 Å². The molecule has 4 heteroatoms. The number of nitrogens with zero attached hydrogens (tertiary/aromatic N) is 3. The normalized spacial score (nSPS) is 10.8. The first-order valence-corrected chi connectivity index (χ1v) is 10.5. The number of para-hydroxylation sites is 1. The maximum absolute atomic E-state index is 4.47. The molecule has 0 amide bonds. The minimum Gasteiger partial charge on any atom is -0.280 e. The number of rotatable bonds is 4. The van der Waals surface area contributed by atoms with Gasteiger partial charge in [-0.3, -0.25) is 4.57 Å². The summed E-state index contributed by atoms with van der Waals surface area (Å²) in [5.41, 5.74) is 6.64. The third-order valence-corrected chi connectivity index (χ3v) is 5.57. The highest BCUT2D eigenvalue weighted by Gasteiger charge is 2.18. The van der Waals surface area contributed by atoms with Gasteiger partial charge >= 0.3 is 0 Å². The highest BCUT2D eigenvalue weighted by Crippen LogP contribution is 2.37. The molecule has 0 unspecified atom stereocenters. The second-order valence-electron chi connectivity index (χ2n) is 6.97. The maximum atomic E-state index is 4.47. The van der Waals surface area contributed by atoms with E-state index >= 15 is 0 Å². The van der Waals surface area contributed by atoms with E-state index in [1.807, 2.05) is 24.3 Å². The van der Waals surface area contributed by atoms with Crippen LogP contribution in [0.25, 0.3) is 39.3 Å². The van der Waals surface area contributed by atoms with Crippen LogP contribution in [0.2, 0.25) is 0 Å². The van der Waals surface area contributed by atoms with Crippen LogP contribution >= 0.6 is 15.9 Å². The third kappa shape index (κ3) is 3.46. The number of aromatic nitrogens is 3. The SMILES string of the molecule is Brc1cccc(-c2nncn2-c2c(-c3ccccc3)cccc2-c2ccccc2)c1. The maximum Gasteiger partial charge on any atom is 0.168 e. The lowest BCUT2D eigenvalue weighted by Crippen LogP contribution is -2.02. The monoisotopic (exact) mass is 451 g/mol. The van der Waals surface area contributed by atoms with Crippen molar-refractivity contribution in [1.29, 1.82) is 0 Å². The van der Waals surface area contributed by atoms with E-state index in [9.17, 15) is 0 Å². The van der Waals surface area contributed by atoms with Gasteiger partial charge in [0, 0.05) is 21.2 Å². The topological polar surface area (TPSA) is 30.7 Å². The minimum absolute atomic E-state index is 0.803. The van der Waals surface area contributed by atoms with Gasteiger partial charge < -0.3 is 0 Å². The van der Waals surface area contributed by atoms with Crippen LogP contribution in [0.5, 0.6) is 0 Å². The summed E-state index contributed by atoms with van der Waals surface area (Å²) in [6.07, 6.45) is 1.80. The highest BCUT2D eigenvalue weighted by molar-refractivity contribution is 9.10. The molecule has 0 N–H and O–H groups in total. The molecule has 3 nitrogen and oxygen atoms in total. The zero-order chi connectivity index (χ0) is 20.3. The molecule has 0 spiro atoms. The van der Waals surface area contributed by atoms with Crippen LogP contribution in [-0.4, -0.2) is 14.8 Å². The first-order chi connectivity index (χ1) is 14.8. The molecule has 0 aliphatic carbocycles. The second kappa shape index (κ2) is 8.09. The summed E-state index contributed by atoms with van der Waals surface area (Å²) in [4.78, 5) is 0. The first kappa shape index (κ1) is 18.5. The Kier molecular flexibility index (Phi) is 4.99. The molecule has 4 aromatic carbocycles. The summed E-state index contributed by atoms with van der Waals surface area (Å²) in [5.74, 6) is 0.803. The van der Waals surface area contributed by atoms with Crippen molar-refractivity contribution in [2.24, 2.45) is 0 Å². The van der Waals surface area contributed by atoms with Crippen LogP contribution in [0.4, 0.5) is 0 Å². The summed E-state index contributed by atoms with van der Waals surface area (Å²) in [6, 6.07) is 35.4. The number of hydrogen-bond donors (Lipinski definition) is 0. The predicted molar refractivity (Wildman–Crippen MR) is 125 cm³/mol. The van der Waals surface area contributed by atoms with Gasteiger partial charge in [-0.25, -0.2) is 0 Å². The zero-order valence-corrected chi connectivity index (χ0v) is 17.7. The van der Waals surface area contributed by atoms with Crippen LogP contribution in [0.1, 0.15) is 0 Å². The predicted octanol–water partition coefficient (Wildman–Crippen LogP) is 7.03. The molecule has 0 atom stereocenters. The quantitative estimate of drug-likeness (QED) is 0.293. The minimum atomic E-state index is 0.803. The fourth-order valence-electron chi connectivity index (χ4n) is 3.73. The number of hydrogen-bond acceptors (Lipinski definition) is 2. The molecule has 0 saturated carbocycles. The van der Waals surface area contributed by atoms with E-state index in [1.54, 1.807) is 6.33 Å². The van der Waals surface area contributed by atoms with Gasteiger partial charge in [-0.05, 0) is 23.3 Å². The van der Waals surface area contributed by atoms with Crippen molar-refractivity contribution in [3.8, 4) is 39.3 Å². The standard InChI is InChI=1S/C26H18BrN3/c27-22-14-7-13-21(17-22)26-29-28-18-30(26)25-23(19-9-3-1-4-10-19)15-8-16-24(25)20-11-5-2-6-12-20/h1-18H. The molecule has 30 heavy (non-hydrogen) atoms. The van der Waals surface area contributed by atoms with E-state index < -0.39 is 0 Å². The molecular weight excluding hydrogens is 434 g/mol. The summed E-state index contributed by atoms with van der Waals surface area (Å²) in [6.45, 7) is 0. The Hall–Kier alpha value is -3.50. The Balaban J connectivity index is 1.81. The Morgan fingerprint density at radius 1 is 0.600 bits per heavy atom. The molecule has 0 saturated heterocycles. The molecule has 0 aliphatic rings. The van der Waals surface area contributed by atoms with Gasteiger partial charge in [-0.1, -0.05) is 107 Å². The first-order valence-electron chi connectivity index (χ1n) is 9.71. The lowest BCUT2D eigenvalue weighted by atomic mass is 9.95. The third-order valence-electron chi connectivity index (χ3n) is 5.08. The summed E-state index contributed by atoms with van der Waals surface area (Å²) < 4.78 is 3.10. The van der Waals surface area contributed by atoms with Crippen LogP contribution < -0.4 is 0 Å². The molecule has 0 aliphatic heterocycles. The van der Waals surface area contributed by atoms with Gasteiger partial charge in [0.25, 0.3) is 0 Å². The van der Waals surface area contributed by atoms with Crippen LogP contribution in [-0.2, 0) is 0 Å². The summed E-state index contributed by atoms with van der Waals surface area (Å²) in [7, 11) is 0. The van der Waals surface area contributed by atoms with Gasteiger partial charge in [-0.15, -0.1) is 10.2 Å². The summed E-state index contributed by atoms with van der Waals surface area (Å²) in [5, 5.41) is 8.74. The smallest absolute Gasteiger partial charge is 0.168 e. The Morgan fingerprint density at radius 2 is 1.17 bits per heavy atom. The average Bonchev–Trinajstić information content (AvgIpc) is 3.29. The molecule has 5 aromatic rings. The van der Waals surface area contributed by atoms with Crippen molar-refractivity contribution in [3.05, 3.63) is 114 Å². The van der Waals surface area contributed by atoms with Gasteiger partial charge in [0.1, 0.15) is 6.33 Å². The largest absolute Gasteiger partial charge is 0.280 e. The van der Waals surface area contributed by atoms with Gasteiger partial charge in [0.05, 0.1) is 5.69 Å². The number of benzene rings is 4. The van der Waals surface area contributed by atoms with Crippen molar-refractivity contribution in [3.63, 3.8) is 0 Å². The molecule has 1 aromatic heterocycles. The van der Waals surface area contributed by atoms with Gasteiger partial charge in [0.2, 0.25) is 0 Å². The van der Waals surface area contributed by atoms with E-state index in [1.165, 1.54) is 0 Å². The van der Waals surface area contributed by atoms with E-state index in [0.29, 0.717) is 0 Å². The van der Waals surface area contributed by atoms with E-state index in [2.05, 4.69) is 110 Å². The molecule has 144 valence electrons. The molecule has 0 bridgehead atoms. The van der Waals surface area contributed by atoms with Crippen molar-refractivity contribution in [2.75, 3.05) is 0 Å². The lowest BCUT2D eigenvalue weighted by molar-refractivity contribution is 1.07. The Bertz CT molecular complexity index is 1240. The van der Waals surface area contributed by atoms with Crippen molar-refractivity contribution >= 4 is 15.9 Å². The molecule has 0 radical (unpaired) electrons. The molecule has 5 rings (SSSR count). The fourth-order valence-corrected chi connectivity index (χ4v) is 4.13. The van der Waals surface area contributed by atoms with Crippen LogP contribution in [0.3, 0.4) is 0 Å². The average molecular weight is 452 g/mol. The number of halogens is 1. The lowest BCUT2D eigenvalue weighted by Gasteiger charge is -2.18.